The summed E-state index contributed by atoms with van der Waals surface area (Å²) in [4.78, 5) is 24.7. The molecule has 20 heavy (non-hydrogen) atoms. The van der Waals surface area contributed by atoms with Gasteiger partial charge < -0.3 is 10.0 Å². The van der Waals surface area contributed by atoms with Gasteiger partial charge in [-0.3, -0.25) is 9.59 Å². The molecule has 1 N–H and O–H groups in total. The number of hydrogen-bond acceptors (Lipinski definition) is 2. The fourth-order valence-electron chi connectivity index (χ4n) is 2.51. The van der Waals surface area contributed by atoms with Crippen molar-refractivity contribution in [2.75, 3.05) is 13.1 Å². The Morgan fingerprint density at radius 3 is 2.55 bits per heavy atom. The van der Waals surface area contributed by atoms with Crippen molar-refractivity contribution in [3.05, 3.63) is 35.4 Å². The summed E-state index contributed by atoms with van der Waals surface area (Å²) in [5, 5.41) is 9.06. The van der Waals surface area contributed by atoms with Crippen molar-refractivity contribution in [2.45, 2.75) is 13.3 Å². The third-order valence-electron chi connectivity index (χ3n) is 3.46. The standard InChI is InChI=1S/C14H15F2NO3/c1-8-4-10(14(19)20)7-17(6-8)13(18)9-2-3-11(15)12(16)5-9/h2-3,5,8,10H,4,6-7H2,1H3,(H,19,20). The molecule has 1 heterocycles. The van der Waals surface area contributed by atoms with E-state index in [1.807, 2.05) is 6.92 Å². The molecular weight excluding hydrogens is 268 g/mol. The van der Waals surface area contributed by atoms with Crippen molar-refractivity contribution < 1.29 is 23.5 Å². The van der Waals surface area contributed by atoms with Crippen LogP contribution in [0.4, 0.5) is 8.78 Å². The van der Waals surface area contributed by atoms with E-state index in [4.69, 9.17) is 5.11 Å². The number of carbonyl (C=O) groups excluding carboxylic acids is 1. The number of aliphatic carboxylic acids is 1. The summed E-state index contributed by atoms with van der Waals surface area (Å²) in [6.45, 7) is 2.37. The van der Waals surface area contributed by atoms with Crippen LogP contribution < -0.4 is 0 Å². The molecule has 1 aromatic carbocycles. The summed E-state index contributed by atoms with van der Waals surface area (Å²) in [6.07, 6.45) is 0.511. The Balaban J connectivity index is 2.19. The van der Waals surface area contributed by atoms with Crippen LogP contribution >= 0.6 is 0 Å². The van der Waals surface area contributed by atoms with Crippen molar-refractivity contribution in [3.8, 4) is 0 Å². The molecule has 0 aliphatic carbocycles. The lowest BCUT2D eigenvalue weighted by molar-refractivity contribution is -0.143. The third-order valence-corrected chi connectivity index (χ3v) is 3.46. The number of nitrogens with zero attached hydrogens (tertiary/aromatic N) is 1. The summed E-state index contributed by atoms with van der Waals surface area (Å²) in [6, 6.07) is 2.94. The molecule has 0 aromatic heterocycles. The maximum absolute atomic E-state index is 13.1. The fraction of sp³-hybridized carbons (Fsp3) is 0.429. The molecular formula is C14H15F2NO3. The second kappa shape index (κ2) is 5.56. The Bertz CT molecular complexity index is 547. The number of likely N-dealkylation sites (tertiary alicyclic amines) is 1. The molecule has 1 amide bonds. The van der Waals surface area contributed by atoms with E-state index in [-0.39, 0.29) is 18.0 Å². The zero-order chi connectivity index (χ0) is 14.9. The highest BCUT2D eigenvalue weighted by atomic mass is 19.2. The van der Waals surface area contributed by atoms with Gasteiger partial charge in [-0.25, -0.2) is 8.78 Å². The minimum Gasteiger partial charge on any atom is -0.481 e. The van der Waals surface area contributed by atoms with Crippen LogP contribution in [0.15, 0.2) is 18.2 Å². The Kier molecular flexibility index (Phi) is 4.01. The molecule has 0 bridgehead atoms. The van der Waals surface area contributed by atoms with Gasteiger partial charge in [0, 0.05) is 18.7 Å². The van der Waals surface area contributed by atoms with Crippen LogP contribution in [0, 0.1) is 23.5 Å². The molecule has 2 atom stereocenters. The van der Waals surface area contributed by atoms with E-state index in [1.54, 1.807) is 0 Å². The smallest absolute Gasteiger partial charge is 0.308 e. The molecule has 1 saturated heterocycles. The summed E-state index contributed by atoms with van der Waals surface area (Å²) < 4.78 is 26.0. The third kappa shape index (κ3) is 2.95. The second-order valence-corrected chi connectivity index (χ2v) is 5.22. The zero-order valence-electron chi connectivity index (χ0n) is 11.0. The summed E-state index contributed by atoms with van der Waals surface area (Å²) in [7, 11) is 0. The number of carbonyl (C=O) groups is 2. The number of hydrogen-bond donors (Lipinski definition) is 1. The van der Waals surface area contributed by atoms with E-state index in [0.29, 0.717) is 13.0 Å². The zero-order valence-corrected chi connectivity index (χ0v) is 11.0. The van der Waals surface area contributed by atoms with Crippen molar-refractivity contribution in [1.82, 2.24) is 4.90 Å². The molecule has 1 aromatic rings. The topological polar surface area (TPSA) is 57.6 Å². The van der Waals surface area contributed by atoms with Gasteiger partial charge >= 0.3 is 5.97 Å². The van der Waals surface area contributed by atoms with Crippen molar-refractivity contribution in [1.29, 1.82) is 0 Å². The maximum Gasteiger partial charge on any atom is 0.308 e. The SMILES string of the molecule is CC1CC(C(=O)O)CN(C(=O)c2ccc(F)c(F)c2)C1. The average molecular weight is 283 g/mol. The molecule has 4 nitrogen and oxygen atoms in total. The fourth-order valence-corrected chi connectivity index (χ4v) is 2.51. The highest BCUT2D eigenvalue weighted by molar-refractivity contribution is 5.94. The number of carboxylic acid groups (broad SMARTS) is 1. The van der Waals surface area contributed by atoms with Crippen LogP contribution in [0.5, 0.6) is 0 Å². The van der Waals surface area contributed by atoms with E-state index >= 15 is 0 Å². The Morgan fingerprint density at radius 2 is 1.95 bits per heavy atom. The van der Waals surface area contributed by atoms with Gasteiger partial charge in [0.05, 0.1) is 5.92 Å². The number of halogens is 2. The van der Waals surface area contributed by atoms with Crippen molar-refractivity contribution in [2.24, 2.45) is 11.8 Å². The minimum atomic E-state index is -1.09. The van der Waals surface area contributed by atoms with Gasteiger partial charge in [0.1, 0.15) is 0 Å². The summed E-state index contributed by atoms with van der Waals surface area (Å²) in [5.74, 6) is -4.08. The molecule has 0 radical (unpaired) electrons. The lowest BCUT2D eigenvalue weighted by Gasteiger charge is -2.34. The Labute approximate surface area is 115 Å². The molecule has 1 aliphatic heterocycles. The number of rotatable bonds is 2. The molecule has 1 fully saturated rings. The van der Waals surface area contributed by atoms with Gasteiger partial charge in [-0.15, -0.1) is 0 Å². The lowest BCUT2D eigenvalue weighted by atomic mass is 9.90. The molecule has 0 spiro atoms. The van der Waals surface area contributed by atoms with Crippen LogP contribution in [0.25, 0.3) is 0 Å². The van der Waals surface area contributed by atoms with Gasteiger partial charge in [-0.1, -0.05) is 6.92 Å². The second-order valence-electron chi connectivity index (χ2n) is 5.22. The Hall–Kier alpha value is -1.98. The van der Waals surface area contributed by atoms with E-state index < -0.39 is 29.4 Å². The number of benzene rings is 1. The van der Waals surface area contributed by atoms with Crippen LogP contribution in [0.1, 0.15) is 23.7 Å². The van der Waals surface area contributed by atoms with Crippen molar-refractivity contribution in [3.63, 3.8) is 0 Å². The summed E-state index contributed by atoms with van der Waals surface area (Å²) in [5.41, 5.74) is 0.0298. The average Bonchev–Trinajstić information content (AvgIpc) is 2.40. The molecule has 2 unspecified atom stereocenters. The maximum atomic E-state index is 13.1. The first-order valence-electron chi connectivity index (χ1n) is 6.35. The highest BCUT2D eigenvalue weighted by Crippen LogP contribution is 2.23. The molecule has 2 rings (SSSR count). The lowest BCUT2D eigenvalue weighted by Crippen LogP contribution is -2.45. The van der Waals surface area contributed by atoms with Crippen LogP contribution in [0.2, 0.25) is 0 Å². The van der Waals surface area contributed by atoms with E-state index in [2.05, 4.69) is 0 Å². The first-order chi connectivity index (χ1) is 9.38. The van der Waals surface area contributed by atoms with Gasteiger partial charge in [-0.05, 0) is 30.5 Å². The first kappa shape index (κ1) is 14.4. The van der Waals surface area contributed by atoms with Gasteiger partial charge in [0.2, 0.25) is 0 Å². The predicted octanol–water partition coefficient (Wildman–Crippen LogP) is 2.15. The number of piperidine rings is 1. The van der Waals surface area contributed by atoms with Gasteiger partial charge in [-0.2, -0.15) is 0 Å². The van der Waals surface area contributed by atoms with Crippen LogP contribution in [-0.2, 0) is 4.79 Å². The minimum absolute atomic E-state index is 0.0298. The van der Waals surface area contributed by atoms with Gasteiger partial charge in [0.25, 0.3) is 5.91 Å². The largest absolute Gasteiger partial charge is 0.481 e. The normalized spacial score (nSPS) is 22.6. The van der Waals surface area contributed by atoms with Crippen LogP contribution in [0.3, 0.4) is 0 Å². The van der Waals surface area contributed by atoms with Crippen molar-refractivity contribution >= 4 is 11.9 Å². The Morgan fingerprint density at radius 1 is 1.25 bits per heavy atom. The first-order valence-corrected chi connectivity index (χ1v) is 6.35. The molecule has 0 saturated carbocycles. The number of amides is 1. The summed E-state index contributed by atoms with van der Waals surface area (Å²) >= 11 is 0. The highest BCUT2D eigenvalue weighted by Gasteiger charge is 2.32. The number of carboxylic acids is 1. The quantitative estimate of drug-likeness (QED) is 0.904. The molecule has 1 aliphatic rings. The molecule has 6 heteroatoms. The van der Waals surface area contributed by atoms with Gasteiger partial charge in [0.15, 0.2) is 11.6 Å². The monoisotopic (exact) mass is 283 g/mol. The van der Waals surface area contributed by atoms with E-state index in [0.717, 1.165) is 12.1 Å². The predicted molar refractivity (Wildman–Crippen MR) is 67.2 cm³/mol. The molecule has 108 valence electrons. The van der Waals surface area contributed by atoms with E-state index in [9.17, 15) is 18.4 Å². The van der Waals surface area contributed by atoms with Crippen LogP contribution in [-0.4, -0.2) is 35.0 Å². The van der Waals surface area contributed by atoms with E-state index in [1.165, 1.54) is 11.0 Å².